The zero-order chi connectivity index (χ0) is 12.0. The summed E-state index contributed by atoms with van der Waals surface area (Å²) in [5.41, 5.74) is 0. The van der Waals surface area contributed by atoms with Crippen molar-refractivity contribution in [3.63, 3.8) is 0 Å². The van der Waals surface area contributed by atoms with Crippen molar-refractivity contribution in [3.05, 3.63) is 20.8 Å². The Kier molecular flexibility index (Phi) is 6.01. The van der Waals surface area contributed by atoms with Gasteiger partial charge >= 0.3 is 5.97 Å². The summed E-state index contributed by atoms with van der Waals surface area (Å²) in [5.74, 6) is -0.704. The van der Waals surface area contributed by atoms with Gasteiger partial charge in [-0.2, -0.15) is 0 Å². The maximum atomic E-state index is 10.3. The van der Waals surface area contributed by atoms with Crippen LogP contribution in [-0.2, 0) is 11.3 Å². The zero-order valence-electron chi connectivity index (χ0n) is 9.28. The van der Waals surface area contributed by atoms with Gasteiger partial charge in [0.15, 0.2) is 0 Å². The largest absolute Gasteiger partial charge is 0.481 e. The molecule has 16 heavy (non-hydrogen) atoms. The molecule has 0 radical (unpaired) electrons. The zero-order valence-corrected chi connectivity index (χ0v) is 11.7. The lowest BCUT2D eigenvalue weighted by Gasteiger charge is -2.14. The molecule has 0 aliphatic carbocycles. The normalized spacial score (nSPS) is 10.9. The number of aliphatic carboxylic acids is 1. The molecule has 5 heteroatoms. The number of carbonyl (C=O) groups is 1. The fourth-order valence-electron chi connectivity index (χ4n) is 1.44. The third-order valence-corrected chi connectivity index (χ3v) is 3.91. The molecule has 0 fully saturated rings. The van der Waals surface area contributed by atoms with E-state index in [0.717, 1.165) is 30.4 Å². The number of hydrogen-bond donors (Lipinski definition) is 1. The van der Waals surface area contributed by atoms with Crippen LogP contribution in [0, 0.1) is 0 Å². The summed E-state index contributed by atoms with van der Waals surface area (Å²) < 4.78 is 1.13. The van der Waals surface area contributed by atoms with Gasteiger partial charge in [-0.25, -0.2) is 0 Å². The fraction of sp³-hybridized carbons (Fsp3) is 0.545. The Labute approximate surface area is 108 Å². The van der Waals surface area contributed by atoms with E-state index >= 15 is 0 Å². The fourth-order valence-corrected chi connectivity index (χ4v) is 2.97. The predicted octanol–water partition coefficient (Wildman–Crippen LogP) is 3.20. The Balaban J connectivity index is 2.16. The van der Waals surface area contributed by atoms with Crippen LogP contribution in [0.25, 0.3) is 0 Å². The molecule has 1 aromatic heterocycles. The van der Waals surface area contributed by atoms with Gasteiger partial charge in [-0.3, -0.25) is 4.79 Å². The van der Waals surface area contributed by atoms with Gasteiger partial charge in [-0.05, 0) is 48.4 Å². The van der Waals surface area contributed by atoms with Crippen LogP contribution < -0.4 is 0 Å². The first kappa shape index (κ1) is 13.7. The summed E-state index contributed by atoms with van der Waals surface area (Å²) in [6, 6.07) is 2.12. The quantitative estimate of drug-likeness (QED) is 0.787. The molecular weight excluding hydrogens is 290 g/mol. The van der Waals surface area contributed by atoms with Gasteiger partial charge in [0.1, 0.15) is 0 Å². The van der Waals surface area contributed by atoms with E-state index in [4.69, 9.17) is 5.11 Å². The molecule has 1 aromatic rings. The second-order valence-electron chi connectivity index (χ2n) is 3.82. The maximum absolute atomic E-state index is 10.3. The van der Waals surface area contributed by atoms with Crippen LogP contribution in [0.4, 0.5) is 0 Å². The first-order valence-corrected chi connectivity index (χ1v) is 6.88. The number of unbranched alkanes of at least 4 members (excludes halogenated alkanes) is 1. The SMILES string of the molecule is CN(CCCCC(=O)O)Cc1cc(Br)cs1. The van der Waals surface area contributed by atoms with Crippen LogP contribution in [0.3, 0.4) is 0 Å². The Morgan fingerprint density at radius 1 is 1.56 bits per heavy atom. The van der Waals surface area contributed by atoms with Crippen LogP contribution in [0.5, 0.6) is 0 Å². The van der Waals surface area contributed by atoms with Gasteiger partial charge in [0.2, 0.25) is 0 Å². The van der Waals surface area contributed by atoms with Crippen molar-refractivity contribution in [2.75, 3.05) is 13.6 Å². The molecule has 0 aromatic carbocycles. The molecule has 0 aliphatic heterocycles. The third-order valence-electron chi connectivity index (χ3n) is 2.23. The minimum atomic E-state index is -0.704. The highest BCUT2D eigenvalue weighted by Gasteiger charge is 2.03. The number of nitrogens with zero attached hydrogens (tertiary/aromatic N) is 1. The predicted molar refractivity (Wildman–Crippen MR) is 69.8 cm³/mol. The lowest BCUT2D eigenvalue weighted by molar-refractivity contribution is -0.137. The van der Waals surface area contributed by atoms with Gasteiger partial charge in [-0.1, -0.05) is 0 Å². The first-order chi connectivity index (χ1) is 7.58. The molecule has 0 saturated carbocycles. The lowest BCUT2D eigenvalue weighted by atomic mass is 10.2. The summed E-state index contributed by atoms with van der Waals surface area (Å²) >= 11 is 5.17. The van der Waals surface area contributed by atoms with Crippen molar-refractivity contribution >= 4 is 33.2 Å². The molecule has 1 heterocycles. The highest BCUT2D eigenvalue weighted by molar-refractivity contribution is 9.10. The number of hydrogen-bond acceptors (Lipinski definition) is 3. The topological polar surface area (TPSA) is 40.5 Å². The summed E-state index contributed by atoms with van der Waals surface area (Å²) in [4.78, 5) is 13.9. The highest BCUT2D eigenvalue weighted by Crippen LogP contribution is 2.20. The Morgan fingerprint density at radius 3 is 2.88 bits per heavy atom. The molecule has 3 nitrogen and oxygen atoms in total. The summed E-state index contributed by atoms with van der Waals surface area (Å²) in [6.45, 7) is 1.88. The Bertz CT molecular complexity index is 340. The number of thiophene rings is 1. The van der Waals surface area contributed by atoms with E-state index in [1.165, 1.54) is 4.88 Å². The van der Waals surface area contributed by atoms with E-state index in [2.05, 4.69) is 39.3 Å². The van der Waals surface area contributed by atoms with E-state index in [0.29, 0.717) is 0 Å². The summed E-state index contributed by atoms with van der Waals surface area (Å²) in [5, 5.41) is 10.6. The first-order valence-electron chi connectivity index (χ1n) is 5.21. The van der Waals surface area contributed by atoms with Crippen molar-refractivity contribution in [2.24, 2.45) is 0 Å². The molecule has 0 unspecified atom stereocenters. The number of rotatable bonds is 7. The van der Waals surface area contributed by atoms with E-state index in [1.54, 1.807) is 11.3 Å². The minimum Gasteiger partial charge on any atom is -0.481 e. The van der Waals surface area contributed by atoms with Gasteiger partial charge in [-0.15, -0.1) is 11.3 Å². The van der Waals surface area contributed by atoms with Crippen LogP contribution in [0.1, 0.15) is 24.1 Å². The molecule has 0 bridgehead atoms. The second kappa shape index (κ2) is 7.04. The van der Waals surface area contributed by atoms with E-state index < -0.39 is 5.97 Å². The van der Waals surface area contributed by atoms with Gasteiger partial charge < -0.3 is 10.0 Å². The summed E-state index contributed by atoms with van der Waals surface area (Å²) in [7, 11) is 2.06. The van der Waals surface area contributed by atoms with Crippen LogP contribution >= 0.6 is 27.3 Å². The molecular formula is C11H16BrNO2S. The molecule has 0 spiro atoms. The minimum absolute atomic E-state index is 0.276. The highest BCUT2D eigenvalue weighted by atomic mass is 79.9. The van der Waals surface area contributed by atoms with Gasteiger partial charge in [0.25, 0.3) is 0 Å². The molecule has 0 atom stereocenters. The molecule has 1 N–H and O–H groups in total. The van der Waals surface area contributed by atoms with Crippen molar-refractivity contribution in [1.82, 2.24) is 4.90 Å². The number of halogens is 1. The maximum Gasteiger partial charge on any atom is 0.303 e. The van der Waals surface area contributed by atoms with Crippen molar-refractivity contribution in [3.8, 4) is 0 Å². The van der Waals surface area contributed by atoms with Crippen molar-refractivity contribution in [1.29, 1.82) is 0 Å². The molecule has 90 valence electrons. The average Bonchev–Trinajstić information content (AvgIpc) is 2.58. The molecule has 0 amide bonds. The summed E-state index contributed by atoms with van der Waals surface area (Å²) in [6.07, 6.45) is 1.97. The van der Waals surface area contributed by atoms with Crippen LogP contribution in [0.15, 0.2) is 15.9 Å². The Hall–Kier alpha value is -0.390. The smallest absolute Gasteiger partial charge is 0.303 e. The molecule has 0 saturated heterocycles. The lowest BCUT2D eigenvalue weighted by Crippen LogP contribution is -2.18. The van der Waals surface area contributed by atoms with Crippen molar-refractivity contribution in [2.45, 2.75) is 25.8 Å². The van der Waals surface area contributed by atoms with Gasteiger partial charge in [0.05, 0.1) is 0 Å². The monoisotopic (exact) mass is 305 g/mol. The average molecular weight is 306 g/mol. The second-order valence-corrected chi connectivity index (χ2v) is 5.73. The standard InChI is InChI=1S/C11H16BrNO2S/c1-13(5-3-2-4-11(14)15)7-10-6-9(12)8-16-10/h6,8H,2-5,7H2,1H3,(H,14,15). The van der Waals surface area contributed by atoms with E-state index in [-0.39, 0.29) is 6.42 Å². The Morgan fingerprint density at radius 2 is 2.31 bits per heavy atom. The van der Waals surface area contributed by atoms with Gasteiger partial charge in [0, 0.05) is 27.7 Å². The van der Waals surface area contributed by atoms with Crippen molar-refractivity contribution < 1.29 is 9.90 Å². The molecule has 1 rings (SSSR count). The third kappa shape index (κ3) is 5.63. The van der Waals surface area contributed by atoms with E-state index in [1.807, 2.05) is 0 Å². The van der Waals surface area contributed by atoms with E-state index in [9.17, 15) is 4.79 Å². The van der Waals surface area contributed by atoms with Crippen LogP contribution in [0.2, 0.25) is 0 Å². The van der Waals surface area contributed by atoms with Crippen LogP contribution in [-0.4, -0.2) is 29.6 Å². The number of carboxylic acid groups (broad SMARTS) is 1. The number of carboxylic acids is 1. The molecule has 0 aliphatic rings.